The van der Waals surface area contributed by atoms with Crippen molar-refractivity contribution in [1.29, 1.82) is 5.26 Å². The Kier molecular flexibility index (Phi) is 5.08. The summed E-state index contributed by atoms with van der Waals surface area (Å²) in [6.07, 6.45) is 1.72. The zero-order valence-corrected chi connectivity index (χ0v) is 17.1. The molecule has 6 nitrogen and oxygen atoms in total. The van der Waals surface area contributed by atoms with Crippen LogP contribution in [0.1, 0.15) is 37.1 Å². The summed E-state index contributed by atoms with van der Waals surface area (Å²) in [5, 5.41) is 19.6. The van der Waals surface area contributed by atoms with Gasteiger partial charge < -0.3 is 4.74 Å². The van der Waals surface area contributed by atoms with Crippen LogP contribution in [0.15, 0.2) is 36.5 Å². The summed E-state index contributed by atoms with van der Waals surface area (Å²) >= 11 is 0. The predicted octanol–water partition coefficient (Wildman–Crippen LogP) is 5.24. The molecule has 2 fully saturated rings. The van der Waals surface area contributed by atoms with Crippen molar-refractivity contribution in [3.63, 3.8) is 0 Å². The summed E-state index contributed by atoms with van der Waals surface area (Å²) in [4.78, 5) is 3.56. The molecule has 0 amide bonds. The first-order chi connectivity index (χ1) is 15.4. The molecule has 0 aliphatic heterocycles. The van der Waals surface area contributed by atoms with E-state index in [1.807, 2.05) is 6.07 Å². The fraction of sp³-hybridized carbons (Fsp3) is 0.391. The summed E-state index contributed by atoms with van der Waals surface area (Å²) < 4.78 is 44.9. The fourth-order valence-corrected chi connectivity index (χ4v) is 5.01. The number of halogens is 3. The third-order valence-electron chi connectivity index (χ3n) is 6.58. The Morgan fingerprint density at radius 2 is 1.94 bits per heavy atom. The Labute approximate surface area is 182 Å². The van der Waals surface area contributed by atoms with Crippen molar-refractivity contribution >= 4 is 0 Å². The van der Waals surface area contributed by atoms with Crippen LogP contribution in [-0.4, -0.2) is 27.0 Å². The first kappa shape index (κ1) is 20.5. The third kappa shape index (κ3) is 3.93. The minimum atomic E-state index is -4.50. The SMILES string of the molecule is N#Cc1[nH]nnc1-c1cc(OCC2CC3CCC2C3)cc(-c2ccc(C(F)(F)F)nc2)c1. The molecule has 1 N–H and O–H groups in total. The van der Waals surface area contributed by atoms with Crippen molar-refractivity contribution in [2.45, 2.75) is 31.9 Å². The lowest BCUT2D eigenvalue weighted by atomic mass is 9.89. The van der Waals surface area contributed by atoms with Gasteiger partial charge in [-0.15, -0.1) is 5.10 Å². The summed E-state index contributed by atoms with van der Waals surface area (Å²) in [6.45, 7) is 0.596. The number of rotatable bonds is 5. The lowest BCUT2D eigenvalue weighted by Crippen LogP contribution is -2.18. The second-order valence-electron chi connectivity index (χ2n) is 8.57. The number of alkyl halides is 3. The number of benzene rings is 1. The van der Waals surface area contributed by atoms with E-state index in [-0.39, 0.29) is 5.69 Å². The Morgan fingerprint density at radius 1 is 1.09 bits per heavy atom. The van der Waals surface area contributed by atoms with Crippen molar-refractivity contribution in [3.05, 3.63) is 47.9 Å². The van der Waals surface area contributed by atoms with Gasteiger partial charge in [-0.25, -0.2) is 5.10 Å². The molecule has 0 spiro atoms. The van der Waals surface area contributed by atoms with Crippen LogP contribution in [0.3, 0.4) is 0 Å². The molecule has 0 radical (unpaired) electrons. The fourth-order valence-electron chi connectivity index (χ4n) is 5.01. The number of H-pyrrole nitrogens is 1. The van der Waals surface area contributed by atoms with Gasteiger partial charge in [0.1, 0.15) is 23.2 Å². The quantitative estimate of drug-likeness (QED) is 0.588. The normalized spacial score (nSPS) is 22.1. The maximum atomic E-state index is 12.9. The maximum absolute atomic E-state index is 12.9. The number of pyridine rings is 1. The van der Waals surface area contributed by atoms with Gasteiger partial charge in [-0.3, -0.25) is 4.98 Å². The van der Waals surface area contributed by atoms with Crippen LogP contribution in [0.5, 0.6) is 5.75 Å². The van der Waals surface area contributed by atoms with Gasteiger partial charge in [0.2, 0.25) is 0 Å². The highest BCUT2D eigenvalue weighted by Crippen LogP contribution is 2.48. The second-order valence-corrected chi connectivity index (χ2v) is 8.57. The molecule has 1 aromatic carbocycles. The number of nitrogens with zero attached hydrogens (tertiary/aromatic N) is 4. The van der Waals surface area contributed by atoms with Crippen molar-refractivity contribution < 1.29 is 17.9 Å². The van der Waals surface area contributed by atoms with Crippen LogP contribution in [0.25, 0.3) is 22.4 Å². The molecule has 2 saturated carbocycles. The standard InChI is InChI=1S/C23H20F3N5O/c24-23(25,26)21-4-3-15(11-28-21)16-7-17(22-20(10-27)29-31-30-22)9-19(8-16)32-12-18-6-13-1-2-14(18)5-13/h3-4,7-9,11,13-14,18H,1-2,5-6,12H2,(H,29,30,31). The van der Waals surface area contributed by atoms with Gasteiger partial charge in [0.15, 0.2) is 5.69 Å². The molecule has 9 heteroatoms. The van der Waals surface area contributed by atoms with Crippen molar-refractivity contribution in [2.24, 2.45) is 17.8 Å². The molecule has 3 atom stereocenters. The van der Waals surface area contributed by atoms with E-state index < -0.39 is 11.9 Å². The number of aromatic amines is 1. The molecule has 5 rings (SSSR count). The monoisotopic (exact) mass is 439 g/mol. The molecule has 32 heavy (non-hydrogen) atoms. The summed E-state index contributed by atoms with van der Waals surface area (Å²) in [7, 11) is 0. The summed E-state index contributed by atoms with van der Waals surface area (Å²) in [5.41, 5.74) is 1.33. The molecule has 2 heterocycles. The van der Waals surface area contributed by atoms with Gasteiger partial charge >= 0.3 is 6.18 Å². The Balaban J connectivity index is 1.47. The highest BCUT2D eigenvalue weighted by Gasteiger charge is 2.39. The Morgan fingerprint density at radius 3 is 2.59 bits per heavy atom. The zero-order valence-electron chi connectivity index (χ0n) is 17.1. The molecule has 3 unspecified atom stereocenters. The van der Waals surface area contributed by atoms with E-state index in [1.165, 1.54) is 37.9 Å². The minimum Gasteiger partial charge on any atom is -0.493 e. The van der Waals surface area contributed by atoms with Gasteiger partial charge in [-0.1, -0.05) is 17.7 Å². The number of nitriles is 1. The molecule has 164 valence electrons. The Hall–Kier alpha value is -3.41. The van der Waals surface area contributed by atoms with Gasteiger partial charge in [0.25, 0.3) is 0 Å². The molecule has 2 bridgehead atoms. The number of ether oxygens (including phenoxy) is 1. The summed E-state index contributed by atoms with van der Waals surface area (Å²) in [6, 6.07) is 9.66. The third-order valence-corrected chi connectivity index (χ3v) is 6.58. The lowest BCUT2D eigenvalue weighted by Gasteiger charge is -2.22. The van der Waals surface area contributed by atoms with E-state index in [4.69, 9.17) is 4.74 Å². The molecular weight excluding hydrogens is 419 g/mol. The minimum absolute atomic E-state index is 0.201. The van der Waals surface area contributed by atoms with Crippen molar-refractivity contribution in [2.75, 3.05) is 6.61 Å². The second kappa shape index (κ2) is 7.93. The smallest absolute Gasteiger partial charge is 0.433 e. The van der Waals surface area contributed by atoms with E-state index in [0.29, 0.717) is 46.6 Å². The maximum Gasteiger partial charge on any atom is 0.433 e. The van der Waals surface area contributed by atoms with Crippen LogP contribution in [-0.2, 0) is 6.18 Å². The highest BCUT2D eigenvalue weighted by atomic mass is 19.4. The Bertz CT molecular complexity index is 1170. The predicted molar refractivity (Wildman–Crippen MR) is 109 cm³/mol. The van der Waals surface area contributed by atoms with Crippen LogP contribution in [0, 0.1) is 29.1 Å². The van der Waals surface area contributed by atoms with Gasteiger partial charge in [-0.2, -0.15) is 18.4 Å². The van der Waals surface area contributed by atoms with Crippen LogP contribution >= 0.6 is 0 Å². The highest BCUT2D eigenvalue weighted by molar-refractivity contribution is 5.75. The molecule has 2 aliphatic rings. The van der Waals surface area contributed by atoms with E-state index in [0.717, 1.165) is 12.0 Å². The molecular formula is C23H20F3N5O. The van der Waals surface area contributed by atoms with E-state index in [1.54, 1.807) is 18.2 Å². The van der Waals surface area contributed by atoms with Crippen LogP contribution < -0.4 is 4.74 Å². The van der Waals surface area contributed by atoms with E-state index in [9.17, 15) is 18.4 Å². The molecule has 2 aliphatic carbocycles. The number of aromatic nitrogens is 4. The number of nitrogens with one attached hydrogen (secondary N) is 1. The number of fused-ring (bicyclic) bond motifs is 2. The summed E-state index contributed by atoms with van der Waals surface area (Å²) in [5.74, 6) is 2.62. The van der Waals surface area contributed by atoms with Gasteiger partial charge in [-0.05, 0) is 66.8 Å². The van der Waals surface area contributed by atoms with Gasteiger partial charge in [0, 0.05) is 17.3 Å². The molecule has 0 saturated heterocycles. The topological polar surface area (TPSA) is 87.5 Å². The lowest BCUT2D eigenvalue weighted by molar-refractivity contribution is -0.141. The molecule has 2 aromatic heterocycles. The van der Waals surface area contributed by atoms with Crippen LogP contribution in [0.4, 0.5) is 13.2 Å². The first-order valence-corrected chi connectivity index (χ1v) is 10.5. The average molecular weight is 439 g/mol. The number of hydrogen-bond donors (Lipinski definition) is 1. The van der Waals surface area contributed by atoms with E-state index in [2.05, 4.69) is 20.4 Å². The average Bonchev–Trinajstić information content (AvgIpc) is 3.54. The number of hydrogen-bond acceptors (Lipinski definition) is 5. The largest absolute Gasteiger partial charge is 0.493 e. The van der Waals surface area contributed by atoms with Crippen molar-refractivity contribution in [3.8, 4) is 34.2 Å². The first-order valence-electron chi connectivity index (χ1n) is 10.5. The van der Waals surface area contributed by atoms with Gasteiger partial charge in [0.05, 0.1) is 6.61 Å². The van der Waals surface area contributed by atoms with E-state index >= 15 is 0 Å². The van der Waals surface area contributed by atoms with Crippen molar-refractivity contribution in [1.82, 2.24) is 20.4 Å². The molecule has 3 aromatic rings. The zero-order chi connectivity index (χ0) is 22.3. The van der Waals surface area contributed by atoms with Crippen LogP contribution in [0.2, 0.25) is 0 Å².